The molecule has 0 aliphatic carbocycles. The molecule has 0 aliphatic heterocycles. The quantitative estimate of drug-likeness (QED) is 0.609. The van der Waals surface area contributed by atoms with Gasteiger partial charge in [0.2, 0.25) is 0 Å². The molecule has 0 aromatic carbocycles. The Labute approximate surface area is 97.8 Å². The smallest absolute Gasteiger partial charge is 0.304 e. The minimum absolute atomic E-state index is 0.189. The molecule has 0 saturated heterocycles. The zero-order valence-corrected chi connectivity index (χ0v) is 10.3. The normalized spacial score (nSPS) is 12.3. The van der Waals surface area contributed by atoms with Crippen LogP contribution in [-0.4, -0.2) is 44.7 Å². The van der Waals surface area contributed by atoms with Gasteiger partial charge >= 0.3 is 11.9 Å². The van der Waals surface area contributed by atoms with E-state index in [0.29, 0.717) is 16.8 Å². The Morgan fingerprint density at radius 1 is 1.13 bits per heavy atom. The van der Waals surface area contributed by atoms with Gasteiger partial charge in [0.15, 0.2) is 0 Å². The van der Waals surface area contributed by atoms with Crippen LogP contribution in [0.4, 0.5) is 0 Å². The Bertz CT molecular complexity index is 208. The number of carbonyl (C=O) groups is 2. The summed E-state index contributed by atoms with van der Waals surface area (Å²) in [5, 5.41) is 17.2. The molecule has 88 valence electrons. The largest absolute Gasteiger partial charge is 0.481 e. The van der Waals surface area contributed by atoms with E-state index in [1.54, 1.807) is 23.5 Å². The average Bonchev–Trinajstić information content (AvgIpc) is 2.11. The topological polar surface area (TPSA) is 74.6 Å². The van der Waals surface area contributed by atoms with Gasteiger partial charge in [-0.2, -0.15) is 23.5 Å². The van der Waals surface area contributed by atoms with Crippen molar-refractivity contribution in [3.63, 3.8) is 0 Å². The zero-order valence-electron chi connectivity index (χ0n) is 8.64. The summed E-state index contributed by atoms with van der Waals surface area (Å²) in [5.74, 6) is 0.578. The van der Waals surface area contributed by atoms with Gasteiger partial charge in [0, 0.05) is 22.5 Å². The van der Waals surface area contributed by atoms with Gasteiger partial charge in [-0.15, -0.1) is 0 Å². The van der Waals surface area contributed by atoms with Crippen LogP contribution in [0, 0.1) is 0 Å². The Morgan fingerprint density at radius 3 is 2.20 bits per heavy atom. The Balaban J connectivity index is 3.29. The minimum Gasteiger partial charge on any atom is -0.481 e. The molecular weight excluding hydrogens is 236 g/mol. The van der Waals surface area contributed by atoms with E-state index in [2.05, 4.69) is 0 Å². The first-order chi connectivity index (χ1) is 7.02. The number of rotatable bonds is 9. The molecule has 2 N–H and O–H groups in total. The highest BCUT2D eigenvalue weighted by molar-refractivity contribution is 8.03. The van der Waals surface area contributed by atoms with Crippen LogP contribution in [0.15, 0.2) is 0 Å². The van der Waals surface area contributed by atoms with Crippen LogP contribution >= 0.6 is 23.5 Å². The highest BCUT2D eigenvalue weighted by Crippen LogP contribution is 2.17. The average molecular weight is 252 g/mol. The number of aliphatic carboxylic acids is 2. The Kier molecular flexibility index (Phi) is 8.70. The Morgan fingerprint density at radius 2 is 1.67 bits per heavy atom. The molecule has 0 aromatic rings. The molecule has 0 radical (unpaired) electrons. The second-order valence-electron chi connectivity index (χ2n) is 3.04. The number of hydrogen-bond acceptors (Lipinski definition) is 4. The molecule has 4 nitrogen and oxygen atoms in total. The third kappa shape index (κ3) is 11.6. The summed E-state index contributed by atoms with van der Waals surface area (Å²) in [5.41, 5.74) is 0. The van der Waals surface area contributed by atoms with Crippen molar-refractivity contribution in [2.75, 3.05) is 17.3 Å². The van der Waals surface area contributed by atoms with Crippen molar-refractivity contribution in [2.24, 2.45) is 0 Å². The Hall–Kier alpha value is -0.360. The highest BCUT2D eigenvalue weighted by atomic mass is 32.2. The van der Waals surface area contributed by atoms with Crippen LogP contribution in [0.5, 0.6) is 0 Å². The summed E-state index contributed by atoms with van der Waals surface area (Å²) in [6, 6.07) is 0. The first-order valence-corrected chi connectivity index (χ1v) is 6.85. The van der Waals surface area contributed by atoms with Gasteiger partial charge in [0.25, 0.3) is 0 Å². The molecule has 0 spiro atoms. The lowest BCUT2D eigenvalue weighted by molar-refractivity contribution is -0.137. The van der Waals surface area contributed by atoms with Crippen molar-refractivity contribution in [2.45, 2.75) is 25.0 Å². The first kappa shape index (κ1) is 14.6. The maximum Gasteiger partial charge on any atom is 0.304 e. The molecule has 0 saturated carbocycles. The molecule has 0 fully saturated rings. The first-order valence-electron chi connectivity index (χ1n) is 4.65. The second kappa shape index (κ2) is 8.91. The standard InChI is InChI=1S/C9H16O4S2/c1-7(15-5-3-9(12)13)6-14-4-2-8(10)11/h7H,2-6H2,1H3,(H,10,11)(H,12,13). The van der Waals surface area contributed by atoms with E-state index in [4.69, 9.17) is 10.2 Å². The molecule has 0 rings (SSSR count). The van der Waals surface area contributed by atoms with E-state index >= 15 is 0 Å². The van der Waals surface area contributed by atoms with E-state index < -0.39 is 11.9 Å². The predicted octanol–water partition coefficient (Wildman–Crippen LogP) is 1.79. The molecular formula is C9H16O4S2. The van der Waals surface area contributed by atoms with E-state index in [1.165, 1.54) is 0 Å². The van der Waals surface area contributed by atoms with E-state index in [0.717, 1.165) is 5.75 Å². The molecule has 0 bridgehead atoms. The number of hydrogen-bond donors (Lipinski definition) is 2. The molecule has 0 heterocycles. The molecule has 0 amide bonds. The van der Waals surface area contributed by atoms with Gasteiger partial charge in [0.1, 0.15) is 0 Å². The van der Waals surface area contributed by atoms with E-state index in [9.17, 15) is 9.59 Å². The van der Waals surface area contributed by atoms with Crippen LogP contribution < -0.4 is 0 Å². The van der Waals surface area contributed by atoms with Gasteiger partial charge in [0.05, 0.1) is 12.8 Å². The van der Waals surface area contributed by atoms with Crippen LogP contribution in [0.3, 0.4) is 0 Å². The van der Waals surface area contributed by atoms with Crippen molar-refractivity contribution < 1.29 is 19.8 Å². The summed E-state index contributed by atoms with van der Waals surface area (Å²) in [6.07, 6.45) is 0.381. The molecule has 6 heteroatoms. The summed E-state index contributed by atoms with van der Waals surface area (Å²) in [4.78, 5) is 20.4. The minimum atomic E-state index is -0.770. The van der Waals surface area contributed by atoms with Crippen LogP contribution in [0.2, 0.25) is 0 Å². The lowest BCUT2D eigenvalue weighted by Gasteiger charge is -2.09. The fraction of sp³-hybridized carbons (Fsp3) is 0.778. The van der Waals surface area contributed by atoms with Gasteiger partial charge in [-0.3, -0.25) is 9.59 Å². The van der Waals surface area contributed by atoms with Crippen LogP contribution in [-0.2, 0) is 9.59 Å². The molecule has 0 aliphatic rings. The second-order valence-corrected chi connectivity index (χ2v) is 5.74. The highest BCUT2D eigenvalue weighted by Gasteiger charge is 2.05. The maximum absolute atomic E-state index is 10.2. The SMILES string of the molecule is CC(CSCCC(=O)O)SCCC(=O)O. The zero-order chi connectivity index (χ0) is 11.7. The summed E-state index contributed by atoms with van der Waals surface area (Å²) in [6.45, 7) is 2.03. The van der Waals surface area contributed by atoms with Crippen molar-refractivity contribution in [3.8, 4) is 0 Å². The van der Waals surface area contributed by atoms with E-state index in [1.807, 2.05) is 6.92 Å². The molecule has 15 heavy (non-hydrogen) atoms. The fourth-order valence-electron chi connectivity index (χ4n) is 0.804. The lowest BCUT2D eigenvalue weighted by atomic mass is 10.5. The van der Waals surface area contributed by atoms with Gasteiger partial charge < -0.3 is 10.2 Å². The maximum atomic E-state index is 10.2. The number of carboxylic acids is 2. The summed E-state index contributed by atoms with van der Waals surface area (Å²) >= 11 is 3.21. The van der Waals surface area contributed by atoms with Gasteiger partial charge in [-0.1, -0.05) is 6.92 Å². The predicted molar refractivity (Wildman–Crippen MR) is 63.8 cm³/mol. The number of carboxylic acid groups (broad SMARTS) is 2. The monoisotopic (exact) mass is 252 g/mol. The molecule has 0 aromatic heterocycles. The molecule has 1 atom stereocenters. The summed E-state index contributed by atoms with van der Waals surface area (Å²) in [7, 11) is 0. The van der Waals surface area contributed by atoms with Crippen molar-refractivity contribution >= 4 is 35.5 Å². The van der Waals surface area contributed by atoms with Crippen molar-refractivity contribution in [1.29, 1.82) is 0 Å². The van der Waals surface area contributed by atoms with E-state index in [-0.39, 0.29) is 12.8 Å². The van der Waals surface area contributed by atoms with Crippen molar-refractivity contribution in [1.82, 2.24) is 0 Å². The van der Waals surface area contributed by atoms with Gasteiger partial charge in [-0.25, -0.2) is 0 Å². The van der Waals surface area contributed by atoms with Crippen LogP contribution in [0.1, 0.15) is 19.8 Å². The molecule has 1 unspecified atom stereocenters. The van der Waals surface area contributed by atoms with Crippen molar-refractivity contribution in [3.05, 3.63) is 0 Å². The van der Waals surface area contributed by atoms with Gasteiger partial charge in [-0.05, 0) is 0 Å². The summed E-state index contributed by atoms with van der Waals surface area (Å²) < 4.78 is 0. The number of thioether (sulfide) groups is 2. The third-order valence-corrected chi connectivity index (χ3v) is 4.15. The third-order valence-electron chi connectivity index (χ3n) is 1.53. The fourth-order valence-corrected chi connectivity index (χ4v) is 2.99. The lowest BCUT2D eigenvalue weighted by Crippen LogP contribution is -2.05. The van der Waals surface area contributed by atoms with Crippen LogP contribution in [0.25, 0.3) is 0 Å².